The number of nitrogens with zero attached hydrogens (tertiary/aromatic N) is 4. The zero-order chi connectivity index (χ0) is 37.1. The highest BCUT2D eigenvalue weighted by Gasteiger charge is 2.38. The predicted molar refractivity (Wildman–Crippen MR) is 224 cm³/mol. The summed E-state index contributed by atoms with van der Waals surface area (Å²) in [5, 5.41) is 14.8. The SMILES string of the molecule is CC1(C)c2cccc(C#N)c2-c2c(-c3cccc(-c4cccc(-c5nc(-c6ccc7ccccc7c6)nc(-c6ccc7ccccc7c6)n5)c4)c3)cccc21. The van der Waals surface area contributed by atoms with Crippen molar-refractivity contribution in [1.82, 2.24) is 15.0 Å². The second-order valence-electron chi connectivity index (χ2n) is 14.8. The average molecular weight is 703 g/mol. The van der Waals surface area contributed by atoms with Crippen LogP contribution in [-0.2, 0) is 5.41 Å². The molecule has 4 nitrogen and oxygen atoms in total. The Labute approximate surface area is 320 Å². The Bertz CT molecular complexity index is 2940. The highest BCUT2D eigenvalue weighted by Crippen LogP contribution is 2.53. The van der Waals surface area contributed by atoms with Crippen molar-refractivity contribution in [3.63, 3.8) is 0 Å². The van der Waals surface area contributed by atoms with E-state index in [9.17, 15) is 5.26 Å². The van der Waals surface area contributed by atoms with Gasteiger partial charge in [0.25, 0.3) is 0 Å². The number of nitriles is 1. The van der Waals surface area contributed by atoms with E-state index in [2.05, 4.69) is 178 Å². The molecule has 9 aromatic rings. The lowest BCUT2D eigenvalue weighted by Crippen LogP contribution is -2.14. The molecule has 0 amide bonds. The second kappa shape index (κ2) is 12.7. The molecule has 4 heteroatoms. The molecule has 0 fully saturated rings. The molecule has 1 aliphatic rings. The predicted octanol–water partition coefficient (Wildman–Crippen LogP) is 12.7. The van der Waals surface area contributed by atoms with Crippen molar-refractivity contribution in [3.05, 3.63) is 187 Å². The molecule has 0 aliphatic heterocycles. The third-order valence-electron chi connectivity index (χ3n) is 11.1. The molecule has 0 atom stereocenters. The fraction of sp³-hybridized carbons (Fsp3) is 0.0588. The zero-order valence-electron chi connectivity index (χ0n) is 30.5. The van der Waals surface area contributed by atoms with Crippen LogP contribution in [0.5, 0.6) is 0 Å². The van der Waals surface area contributed by atoms with Gasteiger partial charge in [-0.2, -0.15) is 5.26 Å². The average Bonchev–Trinajstić information content (AvgIpc) is 3.49. The maximum atomic E-state index is 10.2. The van der Waals surface area contributed by atoms with Crippen LogP contribution < -0.4 is 0 Å². The van der Waals surface area contributed by atoms with Gasteiger partial charge in [0.1, 0.15) is 0 Å². The molecule has 0 bridgehead atoms. The monoisotopic (exact) mass is 702 g/mol. The van der Waals surface area contributed by atoms with E-state index < -0.39 is 0 Å². The molecule has 0 radical (unpaired) electrons. The summed E-state index contributed by atoms with van der Waals surface area (Å²) in [6.07, 6.45) is 0. The highest BCUT2D eigenvalue weighted by molar-refractivity contribution is 5.96. The van der Waals surface area contributed by atoms with Crippen LogP contribution in [0.25, 0.3) is 89.1 Å². The van der Waals surface area contributed by atoms with Crippen molar-refractivity contribution in [2.45, 2.75) is 19.3 Å². The molecule has 10 rings (SSSR count). The topological polar surface area (TPSA) is 62.5 Å². The molecule has 55 heavy (non-hydrogen) atoms. The molecule has 0 spiro atoms. The summed E-state index contributed by atoms with van der Waals surface area (Å²) in [5.41, 5.74) is 12.3. The molecule has 8 aromatic carbocycles. The van der Waals surface area contributed by atoms with Gasteiger partial charge in [0.15, 0.2) is 17.5 Å². The Balaban J connectivity index is 1.09. The molecule has 258 valence electrons. The maximum Gasteiger partial charge on any atom is 0.164 e. The van der Waals surface area contributed by atoms with Gasteiger partial charge in [0.05, 0.1) is 11.6 Å². The molecule has 1 heterocycles. The van der Waals surface area contributed by atoms with E-state index in [0.717, 1.165) is 60.8 Å². The molecule has 0 saturated heterocycles. The Morgan fingerprint density at radius 2 is 0.855 bits per heavy atom. The zero-order valence-corrected chi connectivity index (χ0v) is 30.5. The number of fused-ring (bicyclic) bond motifs is 5. The summed E-state index contributed by atoms with van der Waals surface area (Å²) in [5.74, 6) is 1.87. The quantitative estimate of drug-likeness (QED) is 0.179. The van der Waals surface area contributed by atoms with Crippen LogP contribution in [0.15, 0.2) is 170 Å². The van der Waals surface area contributed by atoms with Crippen molar-refractivity contribution in [2.24, 2.45) is 0 Å². The third kappa shape index (κ3) is 5.48. The molecular formula is C51H34N4. The normalized spacial score (nSPS) is 12.7. The second-order valence-corrected chi connectivity index (χ2v) is 14.8. The van der Waals surface area contributed by atoms with Gasteiger partial charge >= 0.3 is 0 Å². The Morgan fingerprint density at radius 1 is 0.400 bits per heavy atom. The van der Waals surface area contributed by atoms with E-state index in [1.54, 1.807) is 0 Å². The molecular weight excluding hydrogens is 669 g/mol. The summed E-state index contributed by atoms with van der Waals surface area (Å²) in [6, 6.07) is 61.7. The first kappa shape index (κ1) is 32.4. The minimum atomic E-state index is -0.207. The lowest BCUT2D eigenvalue weighted by atomic mass is 9.82. The van der Waals surface area contributed by atoms with E-state index in [1.807, 2.05) is 12.1 Å². The van der Waals surface area contributed by atoms with Crippen molar-refractivity contribution >= 4 is 21.5 Å². The first-order valence-electron chi connectivity index (χ1n) is 18.6. The largest absolute Gasteiger partial charge is 0.208 e. The Hall–Kier alpha value is -7.22. The van der Waals surface area contributed by atoms with Crippen LogP contribution in [0.3, 0.4) is 0 Å². The van der Waals surface area contributed by atoms with Crippen molar-refractivity contribution in [1.29, 1.82) is 5.26 Å². The summed E-state index contributed by atoms with van der Waals surface area (Å²) < 4.78 is 0. The van der Waals surface area contributed by atoms with Gasteiger partial charge in [-0.1, -0.05) is 153 Å². The molecule has 0 unspecified atom stereocenters. The van der Waals surface area contributed by atoms with Gasteiger partial charge in [-0.05, 0) is 90.8 Å². The van der Waals surface area contributed by atoms with Gasteiger partial charge in [-0.3, -0.25) is 0 Å². The fourth-order valence-corrected chi connectivity index (χ4v) is 8.29. The fourth-order valence-electron chi connectivity index (χ4n) is 8.29. The number of hydrogen-bond acceptors (Lipinski definition) is 4. The van der Waals surface area contributed by atoms with Gasteiger partial charge in [0, 0.05) is 27.7 Å². The minimum absolute atomic E-state index is 0.207. The van der Waals surface area contributed by atoms with Crippen molar-refractivity contribution in [2.75, 3.05) is 0 Å². The van der Waals surface area contributed by atoms with E-state index in [1.165, 1.54) is 21.9 Å². The van der Waals surface area contributed by atoms with Gasteiger partial charge in [-0.15, -0.1) is 0 Å². The van der Waals surface area contributed by atoms with Crippen molar-refractivity contribution in [3.8, 4) is 73.6 Å². The Morgan fingerprint density at radius 3 is 1.44 bits per heavy atom. The summed E-state index contributed by atoms with van der Waals surface area (Å²) in [7, 11) is 0. The molecule has 1 aromatic heterocycles. The number of rotatable bonds is 5. The van der Waals surface area contributed by atoms with Crippen LogP contribution in [0.2, 0.25) is 0 Å². The number of hydrogen-bond donors (Lipinski definition) is 0. The van der Waals surface area contributed by atoms with Crippen LogP contribution in [-0.4, -0.2) is 15.0 Å². The Kier molecular flexibility index (Phi) is 7.50. The van der Waals surface area contributed by atoms with Gasteiger partial charge in [0.2, 0.25) is 0 Å². The number of benzene rings is 8. The van der Waals surface area contributed by atoms with Gasteiger partial charge < -0.3 is 0 Å². The van der Waals surface area contributed by atoms with E-state index in [4.69, 9.17) is 15.0 Å². The summed E-state index contributed by atoms with van der Waals surface area (Å²) in [4.78, 5) is 15.3. The molecule has 0 saturated carbocycles. The first-order chi connectivity index (χ1) is 26.9. The first-order valence-corrected chi connectivity index (χ1v) is 18.6. The van der Waals surface area contributed by atoms with Crippen LogP contribution in [0.4, 0.5) is 0 Å². The summed E-state index contributed by atoms with van der Waals surface area (Å²) in [6.45, 7) is 4.50. The van der Waals surface area contributed by atoms with Crippen LogP contribution in [0, 0.1) is 11.3 Å². The maximum absolute atomic E-state index is 10.2. The molecule has 0 N–H and O–H groups in total. The molecule has 1 aliphatic carbocycles. The smallest absolute Gasteiger partial charge is 0.164 e. The number of aromatic nitrogens is 3. The van der Waals surface area contributed by atoms with E-state index >= 15 is 0 Å². The van der Waals surface area contributed by atoms with Crippen molar-refractivity contribution < 1.29 is 0 Å². The van der Waals surface area contributed by atoms with Crippen LogP contribution >= 0.6 is 0 Å². The van der Waals surface area contributed by atoms with Gasteiger partial charge in [-0.25, -0.2) is 15.0 Å². The standard InChI is InChI=1S/C51H34N4/c1-51(2)44-21-9-19-42(31-52)46(44)47-43(20-10-22-45(47)51)38-17-7-15-36(27-38)37-16-8-18-39(30-37)48-53-49(40-25-23-32-11-3-5-13-34(32)28-40)55-50(54-48)41-26-24-33-12-4-6-14-35(33)29-41/h3-30H,1-2H3. The lowest BCUT2D eigenvalue weighted by molar-refractivity contribution is 0.660. The summed E-state index contributed by atoms with van der Waals surface area (Å²) >= 11 is 0. The van der Waals surface area contributed by atoms with E-state index in [-0.39, 0.29) is 5.41 Å². The van der Waals surface area contributed by atoms with Crippen LogP contribution in [0.1, 0.15) is 30.5 Å². The third-order valence-corrected chi connectivity index (χ3v) is 11.1. The minimum Gasteiger partial charge on any atom is -0.208 e. The highest BCUT2D eigenvalue weighted by atomic mass is 15.0. The lowest BCUT2D eigenvalue weighted by Gasteiger charge is -2.21. The van der Waals surface area contributed by atoms with E-state index in [0.29, 0.717) is 23.0 Å².